The summed E-state index contributed by atoms with van der Waals surface area (Å²) >= 11 is 2.82. The van der Waals surface area contributed by atoms with Gasteiger partial charge in [0.2, 0.25) is 0 Å². The van der Waals surface area contributed by atoms with E-state index in [4.69, 9.17) is 0 Å². The number of Topliss-reactive ketones (excluding diaryl/α,β-unsaturated/α-hetero) is 1. The number of urea groups is 1. The maximum atomic E-state index is 13.4. The molecular formula is C23H28N4O4S2. The van der Waals surface area contributed by atoms with Gasteiger partial charge in [0.05, 0.1) is 21.6 Å². The van der Waals surface area contributed by atoms with E-state index in [0.717, 1.165) is 10.6 Å². The summed E-state index contributed by atoms with van der Waals surface area (Å²) in [5.41, 5.74) is 2.33. The van der Waals surface area contributed by atoms with Gasteiger partial charge < -0.3 is 10.2 Å². The van der Waals surface area contributed by atoms with Crippen LogP contribution in [0.25, 0.3) is 0 Å². The van der Waals surface area contributed by atoms with Gasteiger partial charge in [-0.05, 0) is 45.1 Å². The van der Waals surface area contributed by atoms with Crippen LogP contribution in [0, 0.1) is 12.8 Å². The van der Waals surface area contributed by atoms with Gasteiger partial charge in [0.15, 0.2) is 5.78 Å². The SMILES string of the molecule is CCC1(C2CCN(C(=O)c3csc(C(C)=O)c3)CC2)NC(=O)N(CCc2scnc2C)C1=O. The highest BCUT2D eigenvalue weighted by atomic mass is 32.1. The average molecular weight is 489 g/mol. The third kappa shape index (κ3) is 4.33. The number of carbonyl (C=O) groups excluding carboxylic acids is 4. The van der Waals surface area contributed by atoms with Gasteiger partial charge in [-0.15, -0.1) is 22.7 Å². The Morgan fingerprint density at radius 1 is 1.24 bits per heavy atom. The van der Waals surface area contributed by atoms with Crippen molar-refractivity contribution in [2.75, 3.05) is 19.6 Å². The average Bonchev–Trinajstić information content (AvgIpc) is 3.51. The smallest absolute Gasteiger partial charge is 0.325 e. The van der Waals surface area contributed by atoms with Crippen LogP contribution in [-0.4, -0.2) is 63.6 Å². The monoisotopic (exact) mass is 488 g/mol. The quantitative estimate of drug-likeness (QED) is 0.475. The Morgan fingerprint density at radius 3 is 2.55 bits per heavy atom. The van der Waals surface area contributed by atoms with Gasteiger partial charge in [0, 0.05) is 36.3 Å². The number of rotatable bonds is 7. The Bertz CT molecular complexity index is 1090. The van der Waals surface area contributed by atoms with E-state index in [0.29, 0.717) is 55.8 Å². The van der Waals surface area contributed by atoms with Gasteiger partial charge in [0.25, 0.3) is 11.8 Å². The summed E-state index contributed by atoms with van der Waals surface area (Å²) in [6, 6.07) is 1.32. The normalized spacial score (nSPS) is 21.5. The maximum Gasteiger partial charge on any atom is 0.325 e. The second-order valence-electron chi connectivity index (χ2n) is 8.65. The molecule has 1 N–H and O–H groups in total. The fraction of sp³-hybridized carbons (Fsp3) is 0.522. The number of aryl methyl sites for hydroxylation is 1. The van der Waals surface area contributed by atoms with Crippen molar-refractivity contribution in [1.82, 2.24) is 20.1 Å². The molecule has 0 aliphatic carbocycles. The van der Waals surface area contributed by atoms with Gasteiger partial charge >= 0.3 is 6.03 Å². The number of aromatic nitrogens is 1. The van der Waals surface area contributed by atoms with Crippen LogP contribution < -0.4 is 5.32 Å². The molecule has 0 bridgehead atoms. The van der Waals surface area contributed by atoms with Crippen LogP contribution in [0.5, 0.6) is 0 Å². The van der Waals surface area contributed by atoms with E-state index in [1.807, 2.05) is 13.8 Å². The minimum Gasteiger partial charge on any atom is -0.339 e. The molecule has 33 heavy (non-hydrogen) atoms. The molecule has 2 aliphatic heterocycles. The molecule has 4 heterocycles. The van der Waals surface area contributed by atoms with Crippen LogP contribution >= 0.6 is 22.7 Å². The van der Waals surface area contributed by atoms with E-state index < -0.39 is 5.54 Å². The number of piperidine rings is 1. The number of hydrogen-bond donors (Lipinski definition) is 1. The zero-order valence-electron chi connectivity index (χ0n) is 19.1. The Kier molecular flexibility index (Phi) is 6.67. The molecule has 2 saturated heterocycles. The molecule has 2 aliphatic rings. The number of thiophene rings is 1. The zero-order chi connectivity index (χ0) is 23.8. The predicted molar refractivity (Wildman–Crippen MR) is 127 cm³/mol. The van der Waals surface area contributed by atoms with Crippen molar-refractivity contribution < 1.29 is 19.2 Å². The summed E-state index contributed by atoms with van der Waals surface area (Å²) in [7, 11) is 0. The van der Waals surface area contributed by atoms with Crippen molar-refractivity contribution in [3.05, 3.63) is 38.0 Å². The first-order valence-electron chi connectivity index (χ1n) is 11.2. The van der Waals surface area contributed by atoms with E-state index in [-0.39, 0.29) is 29.5 Å². The molecule has 10 heteroatoms. The first kappa shape index (κ1) is 23.6. The third-order valence-corrected chi connectivity index (χ3v) is 8.87. The standard InChI is InChI=1S/C23H28N4O4S2/c1-4-23(21(30)27(22(31)25-23)10-7-18-14(2)24-13-33-18)17-5-8-26(9-6-17)20(29)16-11-19(15(3)28)32-12-16/h11-13,17H,4-10H2,1-3H3,(H,25,31). The Morgan fingerprint density at radius 2 is 1.97 bits per heavy atom. The summed E-state index contributed by atoms with van der Waals surface area (Å²) in [4.78, 5) is 59.6. The number of hydrogen-bond acceptors (Lipinski definition) is 7. The second-order valence-corrected chi connectivity index (χ2v) is 10.5. The number of amides is 4. The van der Waals surface area contributed by atoms with E-state index in [9.17, 15) is 19.2 Å². The number of thiazole rings is 1. The topological polar surface area (TPSA) is 99.7 Å². The minimum absolute atomic E-state index is 0.0339. The fourth-order valence-electron chi connectivity index (χ4n) is 4.82. The van der Waals surface area contributed by atoms with Crippen molar-refractivity contribution >= 4 is 46.3 Å². The molecule has 2 aromatic rings. The lowest BCUT2D eigenvalue weighted by molar-refractivity contribution is -0.134. The molecule has 1 unspecified atom stereocenters. The highest BCUT2D eigenvalue weighted by Gasteiger charge is 2.54. The lowest BCUT2D eigenvalue weighted by Crippen LogP contribution is -2.56. The molecule has 4 rings (SSSR count). The molecule has 1 atom stereocenters. The lowest BCUT2D eigenvalue weighted by atomic mass is 9.75. The lowest BCUT2D eigenvalue weighted by Gasteiger charge is -2.40. The molecule has 4 amide bonds. The fourth-order valence-corrected chi connectivity index (χ4v) is 6.38. The van der Waals surface area contributed by atoms with Gasteiger partial charge in [0.1, 0.15) is 5.54 Å². The first-order valence-corrected chi connectivity index (χ1v) is 12.9. The van der Waals surface area contributed by atoms with Crippen LogP contribution in [0.3, 0.4) is 0 Å². The Balaban J connectivity index is 1.41. The Labute approximate surface area is 201 Å². The van der Waals surface area contributed by atoms with Gasteiger partial charge in [-0.2, -0.15) is 0 Å². The molecule has 0 radical (unpaired) electrons. The summed E-state index contributed by atoms with van der Waals surface area (Å²) in [6.07, 6.45) is 2.39. The van der Waals surface area contributed by atoms with Crippen LogP contribution in [0.15, 0.2) is 17.0 Å². The molecule has 2 fully saturated rings. The van der Waals surface area contributed by atoms with E-state index in [2.05, 4.69) is 10.3 Å². The highest BCUT2D eigenvalue weighted by molar-refractivity contribution is 7.12. The van der Waals surface area contributed by atoms with Crippen LogP contribution in [0.2, 0.25) is 0 Å². The van der Waals surface area contributed by atoms with Gasteiger partial charge in [-0.1, -0.05) is 6.92 Å². The van der Waals surface area contributed by atoms with Crippen molar-refractivity contribution in [1.29, 1.82) is 0 Å². The predicted octanol–water partition coefficient (Wildman–Crippen LogP) is 3.51. The molecular weight excluding hydrogens is 460 g/mol. The molecule has 0 aromatic carbocycles. The zero-order valence-corrected chi connectivity index (χ0v) is 20.7. The molecule has 8 nitrogen and oxygen atoms in total. The molecule has 0 spiro atoms. The molecule has 2 aromatic heterocycles. The summed E-state index contributed by atoms with van der Waals surface area (Å²) in [5.74, 6) is -0.335. The van der Waals surface area contributed by atoms with Crippen molar-refractivity contribution in [3.63, 3.8) is 0 Å². The van der Waals surface area contributed by atoms with E-state index >= 15 is 0 Å². The number of nitrogens with zero attached hydrogens (tertiary/aromatic N) is 3. The summed E-state index contributed by atoms with van der Waals surface area (Å²) in [6.45, 7) is 6.72. The number of likely N-dealkylation sites (tertiary alicyclic amines) is 1. The number of ketones is 1. The Hall–Kier alpha value is -2.59. The van der Waals surface area contributed by atoms with Crippen molar-refractivity contribution in [3.8, 4) is 0 Å². The molecule has 176 valence electrons. The van der Waals surface area contributed by atoms with Crippen molar-refractivity contribution in [2.45, 2.75) is 52.0 Å². The highest BCUT2D eigenvalue weighted by Crippen LogP contribution is 2.36. The number of carbonyl (C=O) groups is 4. The second kappa shape index (κ2) is 9.34. The van der Waals surface area contributed by atoms with Crippen LogP contribution in [0.4, 0.5) is 4.79 Å². The first-order chi connectivity index (χ1) is 15.8. The maximum absolute atomic E-state index is 13.4. The number of nitrogens with one attached hydrogen (secondary N) is 1. The van der Waals surface area contributed by atoms with Gasteiger partial charge in [-0.3, -0.25) is 19.3 Å². The minimum atomic E-state index is -0.918. The molecule has 0 saturated carbocycles. The van der Waals surface area contributed by atoms with Crippen LogP contribution in [-0.2, 0) is 11.2 Å². The van der Waals surface area contributed by atoms with Crippen molar-refractivity contribution in [2.24, 2.45) is 5.92 Å². The third-order valence-electron chi connectivity index (χ3n) is 6.84. The summed E-state index contributed by atoms with van der Waals surface area (Å²) < 4.78 is 0. The van der Waals surface area contributed by atoms with Crippen LogP contribution in [0.1, 0.15) is 63.7 Å². The van der Waals surface area contributed by atoms with E-state index in [1.54, 1.807) is 21.9 Å². The summed E-state index contributed by atoms with van der Waals surface area (Å²) in [5, 5.41) is 4.73. The van der Waals surface area contributed by atoms with Gasteiger partial charge in [-0.25, -0.2) is 9.78 Å². The largest absolute Gasteiger partial charge is 0.339 e. The van der Waals surface area contributed by atoms with E-state index in [1.165, 1.54) is 34.5 Å². The number of imide groups is 1.